The molecule has 0 aliphatic heterocycles. The number of rotatable bonds is 24. The molecule has 0 spiro atoms. The van der Waals surface area contributed by atoms with Crippen molar-refractivity contribution in [3.8, 4) is 0 Å². The molecule has 0 aromatic carbocycles. The van der Waals surface area contributed by atoms with Gasteiger partial charge in [0.2, 0.25) is 0 Å². The Morgan fingerprint density at radius 3 is 0.758 bits per heavy atom. The first-order chi connectivity index (χ1) is 15.5. The van der Waals surface area contributed by atoms with Gasteiger partial charge in [0, 0.05) is 0 Å². The van der Waals surface area contributed by atoms with Crippen molar-refractivity contribution < 1.29 is 10.2 Å². The second-order valence-electron chi connectivity index (χ2n) is 9.32. The summed E-state index contributed by atoms with van der Waals surface area (Å²) in [5, 5.41) is 20.9. The van der Waals surface area contributed by atoms with E-state index in [1.54, 1.807) is 0 Å². The zero-order valence-corrected chi connectivity index (χ0v) is 26.2. The van der Waals surface area contributed by atoms with Crippen molar-refractivity contribution in [3.63, 3.8) is 0 Å². The summed E-state index contributed by atoms with van der Waals surface area (Å²) in [5.74, 6) is 0. The fourth-order valence-corrected chi connectivity index (χ4v) is 4.16. The fourth-order valence-electron chi connectivity index (χ4n) is 3.87. The molecule has 0 rings (SSSR count). The fraction of sp³-hybridized carbons (Fsp3) is 0.929. The van der Waals surface area contributed by atoms with Crippen LogP contribution >= 0.6 is 24.4 Å². The minimum atomic E-state index is -0.0732. The van der Waals surface area contributed by atoms with Crippen molar-refractivity contribution in [1.82, 2.24) is 0 Å². The topological polar surface area (TPSA) is 46.1 Å². The summed E-state index contributed by atoms with van der Waals surface area (Å²) in [5.41, 5.74) is 0. The van der Waals surface area contributed by atoms with E-state index in [1.807, 2.05) is 0 Å². The van der Waals surface area contributed by atoms with E-state index < -0.39 is 0 Å². The monoisotopic (exact) mass is 526 g/mol. The molecule has 0 aliphatic rings. The van der Waals surface area contributed by atoms with Crippen molar-refractivity contribution in [2.24, 2.45) is 0 Å². The van der Waals surface area contributed by atoms with E-state index in [0.717, 1.165) is 12.8 Å². The first-order valence-corrected chi connectivity index (χ1v) is 14.8. The SMILES string of the molecule is CCCCCCCCCCCCCC([O-])=S.CCCCCCCCCCCCCC([O-])=S.[Ca+2]. The van der Waals surface area contributed by atoms with Crippen molar-refractivity contribution in [3.05, 3.63) is 0 Å². The minimum absolute atomic E-state index is 0. The van der Waals surface area contributed by atoms with Crippen molar-refractivity contribution >= 4 is 72.3 Å². The maximum absolute atomic E-state index is 10.5. The second kappa shape index (κ2) is 35.2. The Labute approximate surface area is 248 Å². The standard InChI is InChI=1S/2C14H28OS.Ca/c2*1-2-3-4-5-6-7-8-9-10-11-12-13-14(15)16;/h2*2-13H2,1H3,(H,15,16);/q;;+2/p-2. The Balaban J connectivity index is -0.000000529. The van der Waals surface area contributed by atoms with Gasteiger partial charge in [-0.15, -0.1) is 24.4 Å². The Bertz CT molecular complexity index is 356. The van der Waals surface area contributed by atoms with Crippen LogP contribution in [-0.2, 0) is 0 Å². The zero-order chi connectivity index (χ0) is 24.1. The van der Waals surface area contributed by atoms with Crippen LogP contribution < -0.4 is 10.2 Å². The normalized spacial score (nSPS) is 10.2. The van der Waals surface area contributed by atoms with Crippen LogP contribution in [0.3, 0.4) is 0 Å². The van der Waals surface area contributed by atoms with Crippen molar-refractivity contribution in [1.29, 1.82) is 0 Å². The van der Waals surface area contributed by atoms with Crippen LogP contribution in [0.2, 0.25) is 0 Å². The molecule has 0 bridgehead atoms. The summed E-state index contributed by atoms with van der Waals surface area (Å²) < 4.78 is 0. The smallest absolute Gasteiger partial charge is 0.867 e. The van der Waals surface area contributed by atoms with E-state index in [1.165, 1.54) is 128 Å². The van der Waals surface area contributed by atoms with Gasteiger partial charge in [0.1, 0.15) is 0 Å². The van der Waals surface area contributed by atoms with Gasteiger partial charge >= 0.3 is 37.7 Å². The molecule has 0 heterocycles. The van der Waals surface area contributed by atoms with E-state index in [0.29, 0.717) is 12.8 Å². The third-order valence-corrected chi connectivity index (χ3v) is 6.38. The number of hydrogen-bond acceptors (Lipinski definition) is 4. The summed E-state index contributed by atoms with van der Waals surface area (Å²) >= 11 is 9.02. The van der Waals surface area contributed by atoms with Crippen molar-refractivity contribution in [2.45, 2.75) is 168 Å². The molecule has 0 aliphatic carbocycles. The van der Waals surface area contributed by atoms with E-state index >= 15 is 0 Å². The van der Waals surface area contributed by atoms with Gasteiger partial charge in [0.05, 0.1) is 0 Å². The van der Waals surface area contributed by atoms with Gasteiger partial charge in [0.15, 0.2) is 0 Å². The molecule has 0 saturated heterocycles. The van der Waals surface area contributed by atoms with E-state index in [4.69, 9.17) is 0 Å². The van der Waals surface area contributed by atoms with Gasteiger partial charge in [-0.05, 0) is 25.7 Å². The molecule has 0 aromatic heterocycles. The summed E-state index contributed by atoms with van der Waals surface area (Å²) in [6.07, 6.45) is 30.2. The van der Waals surface area contributed by atoms with Crippen LogP contribution in [0.1, 0.15) is 168 Å². The molecular weight excluding hydrogens is 473 g/mol. The van der Waals surface area contributed by atoms with Crippen molar-refractivity contribution in [2.75, 3.05) is 0 Å². The average Bonchev–Trinajstić information content (AvgIpc) is 2.76. The first-order valence-electron chi connectivity index (χ1n) is 13.9. The molecule has 33 heavy (non-hydrogen) atoms. The van der Waals surface area contributed by atoms with Crippen LogP contribution in [0.5, 0.6) is 0 Å². The molecule has 0 saturated carbocycles. The van der Waals surface area contributed by atoms with Crippen LogP contribution in [0.4, 0.5) is 0 Å². The molecule has 0 N–H and O–H groups in total. The minimum Gasteiger partial charge on any atom is -0.867 e. The number of hydrogen-bond donors (Lipinski definition) is 0. The summed E-state index contributed by atoms with van der Waals surface area (Å²) in [6, 6.07) is 0. The quantitative estimate of drug-likeness (QED) is 0.0720. The predicted molar refractivity (Wildman–Crippen MR) is 153 cm³/mol. The Hall–Kier alpha value is 1.04. The van der Waals surface area contributed by atoms with Gasteiger partial charge in [-0.3, -0.25) is 0 Å². The largest absolute Gasteiger partial charge is 2.00 e. The Morgan fingerprint density at radius 1 is 0.394 bits per heavy atom. The first kappa shape index (κ1) is 38.6. The molecule has 192 valence electrons. The van der Waals surface area contributed by atoms with Crippen LogP contribution in [0.15, 0.2) is 0 Å². The predicted octanol–water partition coefficient (Wildman–Crippen LogP) is 8.37. The van der Waals surface area contributed by atoms with Gasteiger partial charge in [-0.2, -0.15) is 0 Å². The van der Waals surface area contributed by atoms with E-state index in [-0.39, 0.29) is 47.8 Å². The Kier molecular flexibility index (Phi) is 41.1. The molecule has 0 amide bonds. The van der Waals surface area contributed by atoms with Crippen LogP contribution in [0.25, 0.3) is 0 Å². The molecule has 0 radical (unpaired) electrons. The molecule has 0 aromatic rings. The summed E-state index contributed by atoms with van der Waals surface area (Å²) in [7, 11) is 0. The number of unbranched alkanes of at least 4 members (excludes halogenated alkanes) is 20. The maximum Gasteiger partial charge on any atom is 2.00 e. The van der Waals surface area contributed by atoms with Gasteiger partial charge in [-0.25, -0.2) is 0 Å². The molecule has 2 nitrogen and oxygen atoms in total. The second-order valence-corrected chi connectivity index (χ2v) is 10.2. The molecular formula is C28H54CaO2S2. The third kappa shape index (κ3) is 43.5. The molecule has 0 atom stereocenters. The molecule has 0 fully saturated rings. The number of thiocarbonyl (C=S) groups is 2. The summed E-state index contributed by atoms with van der Waals surface area (Å²) in [4.78, 5) is 0. The van der Waals surface area contributed by atoms with Gasteiger partial charge in [0.25, 0.3) is 0 Å². The average molecular weight is 527 g/mol. The maximum atomic E-state index is 10.5. The van der Waals surface area contributed by atoms with E-state index in [9.17, 15) is 10.2 Å². The van der Waals surface area contributed by atoms with Gasteiger partial charge in [-0.1, -0.05) is 152 Å². The van der Waals surface area contributed by atoms with Gasteiger partial charge < -0.3 is 10.2 Å². The zero-order valence-electron chi connectivity index (χ0n) is 22.3. The van der Waals surface area contributed by atoms with Crippen LogP contribution in [-0.4, -0.2) is 47.8 Å². The molecule has 5 heteroatoms. The summed E-state index contributed by atoms with van der Waals surface area (Å²) in [6.45, 7) is 4.52. The van der Waals surface area contributed by atoms with E-state index in [2.05, 4.69) is 38.3 Å². The molecule has 0 unspecified atom stereocenters. The Morgan fingerprint density at radius 2 is 0.576 bits per heavy atom. The third-order valence-electron chi connectivity index (χ3n) is 5.97. The van der Waals surface area contributed by atoms with Crippen LogP contribution in [0, 0.1) is 0 Å².